The molecule has 3 rings (SSSR count). The summed E-state index contributed by atoms with van der Waals surface area (Å²) in [5.41, 5.74) is 4.52. The Hall–Kier alpha value is -2.45. The van der Waals surface area contributed by atoms with E-state index >= 15 is 0 Å². The molecule has 1 aliphatic rings. The van der Waals surface area contributed by atoms with Crippen LogP contribution in [0.3, 0.4) is 0 Å². The number of amides is 1. The van der Waals surface area contributed by atoms with Crippen molar-refractivity contribution in [2.75, 3.05) is 29.1 Å². The number of nitrogens with zero attached hydrogens (tertiary/aromatic N) is 2. The highest BCUT2D eigenvalue weighted by Gasteiger charge is 2.19. The fourth-order valence-electron chi connectivity index (χ4n) is 3.14. The zero-order valence-electron chi connectivity index (χ0n) is 14.3. The smallest absolute Gasteiger partial charge is 0.243 e. The molecule has 1 amide bonds. The second-order valence-corrected chi connectivity index (χ2v) is 7.17. The Kier molecular flexibility index (Phi) is 5.62. The third kappa shape index (κ3) is 4.34. The third-order valence-corrected chi connectivity index (χ3v) is 5.18. The van der Waals surface area contributed by atoms with Crippen molar-refractivity contribution < 1.29 is 4.79 Å². The number of anilines is 2. The van der Waals surface area contributed by atoms with Gasteiger partial charge in [0.2, 0.25) is 5.91 Å². The van der Waals surface area contributed by atoms with E-state index in [1.54, 1.807) is 0 Å². The first-order valence-electron chi connectivity index (χ1n) is 8.40. The molecular weight excluding hydrogens is 330 g/mol. The number of fused-ring (bicyclic) bond motifs is 1. The quantitative estimate of drug-likeness (QED) is 0.827. The molecule has 0 saturated carbocycles. The van der Waals surface area contributed by atoms with E-state index in [1.165, 1.54) is 28.6 Å². The maximum absolute atomic E-state index is 12.6. The van der Waals surface area contributed by atoms with Gasteiger partial charge in [-0.05, 0) is 43.5 Å². The first kappa shape index (κ1) is 17.4. The highest BCUT2D eigenvalue weighted by atomic mass is 32.2. The van der Waals surface area contributed by atoms with E-state index in [-0.39, 0.29) is 5.91 Å². The van der Waals surface area contributed by atoms with Crippen LogP contribution in [0, 0.1) is 18.3 Å². The lowest BCUT2D eigenvalue weighted by atomic mass is 9.99. The minimum atomic E-state index is -0.0292. The Labute approximate surface area is 152 Å². The number of carbonyl (C=O) groups excluding carboxylic acids is 1. The van der Waals surface area contributed by atoms with Crippen molar-refractivity contribution in [3.63, 3.8) is 0 Å². The average molecular weight is 351 g/mol. The third-order valence-electron chi connectivity index (χ3n) is 4.24. The Morgan fingerprint density at radius 3 is 3.00 bits per heavy atom. The first-order valence-corrected chi connectivity index (χ1v) is 9.39. The SMILES string of the molecule is Cc1ccc2c(c1)CCCN2CC(=O)Nc1ccccc1SCC#N. The van der Waals surface area contributed by atoms with Crippen LogP contribution in [0.4, 0.5) is 11.4 Å². The molecule has 1 heterocycles. The zero-order chi connectivity index (χ0) is 17.6. The maximum atomic E-state index is 12.6. The highest BCUT2D eigenvalue weighted by Crippen LogP contribution is 2.29. The van der Waals surface area contributed by atoms with Crippen molar-refractivity contribution in [1.29, 1.82) is 5.26 Å². The number of aryl methyl sites for hydroxylation is 2. The molecule has 5 heteroatoms. The van der Waals surface area contributed by atoms with Crippen LogP contribution < -0.4 is 10.2 Å². The normalized spacial score (nSPS) is 13.0. The van der Waals surface area contributed by atoms with Crippen molar-refractivity contribution >= 4 is 29.0 Å². The van der Waals surface area contributed by atoms with Crippen LogP contribution in [0.25, 0.3) is 0 Å². The molecule has 1 N–H and O–H groups in total. The molecule has 0 aliphatic carbocycles. The fraction of sp³-hybridized carbons (Fsp3) is 0.300. The number of rotatable bonds is 5. The Morgan fingerprint density at radius 2 is 2.16 bits per heavy atom. The van der Waals surface area contributed by atoms with Crippen molar-refractivity contribution in [1.82, 2.24) is 0 Å². The maximum Gasteiger partial charge on any atom is 0.243 e. The molecular formula is C20H21N3OS. The molecule has 1 aliphatic heterocycles. The van der Waals surface area contributed by atoms with E-state index in [1.807, 2.05) is 24.3 Å². The van der Waals surface area contributed by atoms with Crippen LogP contribution in [-0.4, -0.2) is 24.7 Å². The molecule has 0 unspecified atom stereocenters. The van der Waals surface area contributed by atoms with Gasteiger partial charge in [0.15, 0.2) is 0 Å². The van der Waals surface area contributed by atoms with E-state index in [0.717, 1.165) is 30.0 Å². The van der Waals surface area contributed by atoms with Gasteiger partial charge in [-0.15, -0.1) is 11.8 Å². The predicted molar refractivity (Wildman–Crippen MR) is 103 cm³/mol. The Bertz CT molecular complexity index is 813. The van der Waals surface area contributed by atoms with Gasteiger partial charge in [-0.25, -0.2) is 0 Å². The summed E-state index contributed by atoms with van der Waals surface area (Å²) in [6.07, 6.45) is 2.14. The van der Waals surface area contributed by atoms with Crippen LogP contribution in [0.15, 0.2) is 47.4 Å². The number of hydrogen-bond acceptors (Lipinski definition) is 4. The summed E-state index contributed by atoms with van der Waals surface area (Å²) in [4.78, 5) is 15.6. The number of nitrogens with one attached hydrogen (secondary N) is 1. The molecule has 4 nitrogen and oxygen atoms in total. The van der Waals surface area contributed by atoms with Crippen molar-refractivity contribution in [2.45, 2.75) is 24.7 Å². The zero-order valence-corrected chi connectivity index (χ0v) is 15.1. The summed E-state index contributed by atoms with van der Waals surface area (Å²) < 4.78 is 0. The van der Waals surface area contributed by atoms with Crippen LogP contribution in [0.1, 0.15) is 17.5 Å². The number of thioether (sulfide) groups is 1. The fourth-order valence-corrected chi connectivity index (χ4v) is 3.81. The summed E-state index contributed by atoms with van der Waals surface area (Å²) in [5, 5.41) is 11.8. The number of para-hydroxylation sites is 1. The molecule has 0 fully saturated rings. The Balaban J connectivity index is 1.69. The molecule has 25 heavy (non-hydrogen) atoms. The highest BCUT2D eigenvalue weighted by molar-refractivity contribution is 7.99. The summed E-state index contributed by atoms with van der Waals surface area (Å²) in [6.45, 7) is 3.34. The van der Waals surface area contributed by atoms with Gasteiger partial charge in [-0.1, -0.05) is 29.8 Å². The van der Waals surface area contributed by atoms with Crippen molar-refractivity contribution in [3.8, 4) is 6.07 Å². The summed E-state index contributed by atoms with van der Waals surface area (Å²) in [6, 6.07) is 16.2. The molecule has 2 aromatic carbocycles. The molecule has 0 atom stereocenters. The minimum Gasteiger partial charge on any atom is -0.362 e. The topological polar surface area (TPSA) is 56.1 Å². The summed E-state index contributed by atoms with van der Waals surface area (Å²) >= 11 is 1.44. The van der Waals surface area contributed by atoms with Gasteiger partial charge in [0.05, 0.1) is 24.1 Å². The van der Waals surface area contributed by atoms with Crippen molar-refractivity contribution in [3.05, 3.63) is 53.6 Å². The second kappa shape index (κ2) is 8.09. The van der Waals surface area contributed by atoms with Crippen LogP contribution in [0.2, 0.25) is 0 Å². The molecule has 0 bridgehead atoms. The van der Waals surface area contributed by atoms with E-state index in [4.69, 9.17) is 5.26 Å². The summed E-state index contributed by atoms with van der Waals surface area (Å²) in [7, 11) is 0. The number of hydrogen-bond donors (Lipinski definition) is 1. The molecule has 0 radical (unpaired) electrons. The summed E-state index contributed by atoms with van der Waals surface area (Å²) in [5.74, 6) is 0.338. The Morgan fingerprint density at radius 1 is 1.32 bits per heavy atom. The molecule has 0 spiro atoms. The molecule has 0 aromatic heterocycles. The number of carbonyl (C=O) groups is 1. The van der Waals surface area contributed by atoms with Gasteiger partial charge in [0.1, 0.15) is 0 Å². The van der Waals surface area contributed by atoms with E-state index < -0.39 is 0 Å². The van der Waals surface area contributed by atoms with E-state index in [2.05, 4.69) is 41.4 Å². The second-order valence-electron chi connectivity index (χ2n) is 6.15. The van der Waals surface area contributed by atoms with Gasteiger partial charge in [-0.2, -0.15) is 5.26 Å². The monoisotopic (exact) mass is 351 g/mol. The standard InChI is InChI=1S/C20H21N3OS/c1-15-8-9-18-16(13-15)5-4-11-23(18)14-20(24)22-17-6-2-3-7-19(17)25-12-10-21/h2-3,6-9,13H,4-5,11-12,14H2,1H3,(H,22,24). The predicted octanol–water partition coefficient (Wildman–Crippen LogP) is 4.00. The van der Waals surface area contributed by atoms with Gasteiger partial charge >= 0.3 is 0 Å². The van der Waals surface area contributed by atoms with E-state index in [9.17, 15) is 4.79 Å². The van der Waals surface area contributed by atoms with Crippen LogP contribution in [0.5, 0.6) is 0 Å². The van der Waals surface area contributed by atoms with Crippen molar-refractivity contribution in [2.24, 2.45) is 0 Å². The van der Waals surface area contributed by atoms with Gasteiger partial charge in [0.25, 0.3) is 0 Å². The lowest BCUT2D eigenvalue weighted by molar-refractivity contribution is -0.115. The minimum absolute atomic E-state index is 0.0292. The van der Waals surface area contributed by atoms with Crippen LogP contribution in [-0.2, 0) is 11.2 Å². The van der Waals surface area contributed by atoms with E-state index in [0.29, 0.717) is 12.3 Å². The largest absolute Gasteiger partial charge is 0.362 e. The number of nitriles is 1. The lowest BCUT2D eigenvalue weighted by Gasteiger charge is -2.31. The van der Waals surface area contributed by atoms with Gasteiger partial charge < -0.3 is 10.2 Å². The first-order chi connectivity index (χ1) is 12.2. The van der Waals surface area contributed by atoms with Gasteiger partial charge in [-0.3, -0.25) is 4.79 Å². The van der Waals surface area contributed by atoms with Crippen LogP contribution >= 0.6 is 11.8 Å². The number of benzene rings is 2. The molecule has 128 valence electrons. The molecule has 2 aromatic rings. The lowest BCUT2D eigenvalue weighted by Crippen LogP contribution is -2.36. The molecule has 0 saturated heterocycles. The van der Waals surface area contributed by atoms with Gasteiger partial charge in [0, 0.05) is 17.1 Å². The average Bonchev–Trinajstić information content (AvgIpc) is 2.61.